The summed E-state index contributed by atoms with van der Waals surface area (Å²) >= 11 is 0. The molecule has 0 aliphatic heterocycles. The molecule has 0 aromatic heterocycles. The Kier molecular flexibility index (Phi) is 5.98. The van der Waals surface area contributed by atoms with E-state index in [4.69, 9.17) is 4.74 Å². The van der Waals surface area contributed by atoms with Crippen molar-refractivity contribution in [3.8, 4) is 0 Å². The van der Waals surface area contributed by atoms with Crippen molar-refractivity contribution in [1.29, 1.82) is 0 Å². The highest BCUT2D eigenvalue weighted by atomic mass is 16.5. The Morgan fingerprint density at radius 1 is 1.03 bits per heavy atom. The van der Waals surface area contributed by atoms with Crippen LogP contribution in [0.15, 0.2) is 30.3 Å². The Balaban J connectivity index is 1.22. The highest BCUT2D eigenvalue weighted by Gasteiger charge is 2.51. The monoisotopic (exact) mass is 397 g/mol. The highest BCUT2D eigenvalue weighted by molar-refractivity contribution is 5.83. The standard InChI is InChI=1S/C25H35NO3/c1-17(8-9-19-6-4-3-5-7-19)26-24(28)18(2)29-23(27)16-25-13-20-10-21(14-25)12-22(11-20)15-25/h3-7,17-18,20-22H,8-16H2,1-2H3,(H,26,28)/t17-,18-,20?,21?,22?,25?/m0/s1. The minimum atomic E-state index is -0.726. The van der Waals surface area contributed by atoms with Gasteiger partial charge in [-0.3, -0.25) is 9.59 Å². The molecule has 1 aromatic rings. The van der Waals surface area contributed by atoms with Crippen LogP contribution in [0.25, 0.3) is 0 Å². The number of rotatable bonds is 8. The largest absolute Gasteiger partial charge is 0.453 e. The summed E-state index contributed by atoms with van der Waals surface area (Å²) in [5, 5.41) is 3.00. The van der Waals surface area contributed by atoms with E-state index in [0.29, 0.717) is 6.42 Å². The number of ether oxygens (including phenoxy) is 1. The van der Waals surface area contributed by atoms with Crippen molar-refractivity contribution in [3.05, 3.63) is 35.9 Å². The number of carbonyl (C=O) groups is 2. The Morgan fingerprint density at radius 3 is 2.21 bits per heavy atom. The van der Waals surface area contributed by atoms with Crippen LogP contribution >= 0.6 is 0 Å². The summed E-state index contributed by atoms with van der Waals surface area (Å²) in [5.74, 6) is 2.08. The predicted octanol–water partition coefficient (Wildman–Crippen LogP) is 4.66. The molecule has 0 heterocycles. The van der Waals surface area contributed by atoms with Gasteiger partial charge in [0.25, 0.3) is 5.91 Å². The lowest BCUT2D eigenvalue weighted by Crippen LogP contribution is -2.47. The quantitative estimate of drug-likeness (QED) is 0.649. The molecule has 1 aromatic carbocycles. The van der Waals surface area contributed by atoms with E-state index >= 15 is 0 Å². The number of aryl methyl sites for hydroxylation is 1. The van der Waals surface area contributed by atoms with E-state index in [9.17, 15) is 9.59 Å². The Morgan fingerprint density at radius 2 is 1.62 bits per heavy atom. The van der Waals surface area contributed by atoms with E-state index in [1.54, 1.807) is 6.92 Å². The van der Waals surface area contributed by atoms with Gasteiger partial charge in [-0.05, 0) is 93.9 Å². The van der Waals surface area contributed by atoms with Crippen LogP contribution in [0.5, 0.6) is 0 Å². The molecule has 0 unspecified atom stereocenters. The topological polar surface area (TPSA) is 55.4 Å². The summed E-state index contributed by atoms with van der Waals surface area (Å²) in [6, 6.07) is 10.3. The molecule has 1 amide bonds. The van der Waals surface area contributed by atoms with Crippen LogP contribution < -0.4 is 5.32 Å². The fourth-order valence-electron chi connectivity index (χ4n) is 6.57. The van der Waals surface area contributed by atoms with Crippen LogP contribution in [0.3, 0.4) is 0 Å². The Hall–Kier alpha value is -1.84. The average molecular weight is 398 g/mol. The summed E-state index contributed by atoms with van der Waals surface area (Å²) in [6.07, 6.45) is 9.22. The van der Waals surface area contributed by atoms with Gasteiger partial charge in [-0.2, -0.15) is 0 Å². The third-order valence-corrected chi connectivity index (χ3v) is 7.46. The Bertz CT molecular complexity index is 694. The molecule has 29 heavy (non-hydrogen) atoms. The third-order valence-electron chi connectivity index (χ3n) is 7.46. The molecule has 4 bridgehead atoms. The molecule has 158 valence electrons. The fraction of sp³-hybridized carbons (Fsp3) is 0.680. The van der Waals surface area contributed by atoms with Gasteiger partial charge in [0.15, 0.2) is 6.10 Å². The smallest absolute Gasteiger partial charge is 0.307 e. The Labute approximate surface area is 174 Å². The van der Waals surface area contributed by atoms with Gasteiger partial charge < -0.3 is 10.1 Å². The predicted molar refractivity (Wildman–Crippen MR) is 113 cm³/mol. The van der Waals surface area contributed by atoms with E-state index in [0.717, 1.165) is 30.6 Å². The number of nitrogens with one attached hydrogen (secondary N) is 1. The second-order valence-corrected chi connectivity index (χ2v) is 10.2. The molecule has 4 nitrogen and oxygen atoms in total. The lowest BCUT2D eigenvalue weighted by molar-refractivity contribution is -0.161. The van der Waals surface area contributed by atoms with Crippen molar-refractivity contribution in [2.75, 3.05) is 0 Å². The van der Waals surface area contributed by atoms with Crippen LogP contribution in [0.2, 0.25) is 0 Å². The molecule has 4 aliphatic rings. The van der Waals surface area contributed by atoms with Gasteiger partial charge in [-0.25, -0.2) is 0 Å². The maximum atomic E-state index is 12.6. The van der Waals surface area contributed by atoms with Gasteiger partial charge in [-0.15, -0.1) is 0 Å². The molecule has 0 spiro atoms. The number of carbonyl (C=O) groups excluding carboxylic acids is 2. The molecule has 2 atom stereocenters. The summed E-state index contributed by atoms with van der Waals surface area (Å²) in [6.45, 7) is 3.70. The minimum Gasteiger partial charge on any atom is -0.453 e. The van der Waals surface area contributed by atoms with Crippen molar-refractivity contribution in [1.82, 2.24) is 5.32 Å². The second kappa shape index (κ2) is 8.49. The SMILES string of the molecule is C[C@H](OC(=O)CC12CC3CC(CC(C3)C1)C2)C(=O)N[C@@H](C)CCc1ccccc1. The zero-order chi connectivity index (χ0) is 20.4. The first kappa shape index (κ1) is 20.4. The van der Waals surface area contributed by atoms with Crippen molar-refractivity contribution >= 4 is 11.9 Å². The van der Waals surface area contributed by atoms with E-state index in [-0.39, 0.29) is 23.3 Å². The first-order valence-electron chi connectivity index (χ1n) is 11.4. The average Bonchev–Trinajstić information content (AvgIpc) is 2.65. The molecule has 4 saturated carbocycles. The normalized spacial score (nSPS) is 31.9. The van der Waals surface area contributed by atoms with Crippen molar-refractivity contribution in [2.45, 2.75) is 83.8 Å². The van der Waals surface area contributed by atoms with Crippen LogP contribution in [0, 0.1) is 23.2 Å². The first-order valence-corrected chi connectivity index (χ1v) is 11.4. The molecular formula is C25H35NO3. The minimum absolute atomic E-state index is 0.0482. The molecule has 5 rings (SSSR count). The van der Waals surface area contributed by atoms with Gasteiger partial charge >= 0.3 is 5.97 Å². The van der Waals surface area contributed by atoms with Gasteiger partial charge in [0.1, 0.15) is 0 Å². The van der Waals surface area contributed by atoms with Crippen LogP contribution in [-0.2, 0) is 20.7 Å². The first-order chi connectivity index (χ1) is 13.9. The number of hydrogen-bond donors (Lipinski definition) is 1. The van der Waals surface area contributed by atoms with Gasteiger partial charge in [-0.1, -0.05) is 30.3 Å². The van der Waals surface area contributed by atoms with Crippen molar-refractivity contribution < 1.29 is 14.3 Å². The summed E-state index contributed by atoms with van der Waals surface area (Å²) in [4.78, 5) is 25.1. The summed E-state index contributed by atoms with van der Waals surface area (Å²) < 4.78 is 5.56. The maximum Gasteiger partial charge on any atom is 0.307 e. The van der Waals surface area contributed by atoms with Gasteiger partial charge in [0.2, 0.25) is 0 Å². The number of amides is 1. The van der Waals surface area contributed by atoms with Crippen LogP contribution in [0.4, 0.5) is 0 Å². The lowest BCUT2D eigenvalue weighted by atomic mass is 9.49. The molecule has 0 saturated heterocycles. The van der Waals surface area contributed by atoms with E-state index < -0.39 is 6.10 Å². The number of hydrogen-bond acceptors (Lipinski definition) is 3. The maximum absolute atomic E-state index is 12.6. The lowest BCUT2D eigenvalue weighted by Gasteiger charge is -2.56. The zero-order valence-electron chi connectivity index (χ0n) is 17.9. The zero-order valence-corrected chi connectivity index (χ0v) is 17.9. The highest BCUT2D eigenvalue weighted by Crippen LogP contribution is 2.61. The molecule has 4 aliphatic carbocycles. The van der Waals surface area contributed by atoms with Crippen LogP contribution in [-0.4, -0.2) is 24.0 Å². The molecule has 0 radical (unpaired) electrons. The summed E-state index contributed by atoms with van der Waals surface area (Å²) in [7, 11) is 0. The number of esters is 1. The molecule has 4 heteroatoms. The fourth-order valence-corrected chi connectivity index (χ4v) is 6.57. The van der Waals surface area contributed by atoms with E-state index in [1.165, 1.54) is 44.1 Å². The number of benzene rings is 1. The van der Waals surface area contributed by atoms with Crippen molar-refractivity contribution in [2.24, 2.45) is 23.2 Å². The summed E-state index contributed by atoms with van der Waals surface area (Å²) in [5.41, 5.74) is 1.43. The molecule has 4 fully saturated rings. The van der Waals surface area contributed by atoms with Gasteiger partial charge in [0.05, 0.1) is 6.42 Å². The van der Waals surface area contributed by atoms with Gasteiger partial charge in [0, 0.05) is 6.04 Å². The molecule has 1 N–H and O–H groups in total. The van der Waals surface area contributed by atoms with Crippen LogP contribution in [0.1, 0.15) is 70.8 Å². The third kappa shape index (κ3) is 5.02. The molecular weight excluding hydrogens is 362 g/mol. The second-order valence-electron chi connectivity index (χ2n) is 10.2. The van der Waals surface area contributed by atoms with E-state index in [1.807, 2.05) is 25.1 Å². The van der Waals surface area contributed by atoms with E-state index in [2.05, 4.69) is 17.4 Å². The van der Waals surface area contributed by atoms with Crippen molar-refractivity contribution in [3.63, 3.8) is 0 Å².